The second-order valence-corrected chi connectivity index (χ2v) is 6.02. The maximum atomic E-state index is 12.4. The molecule has 0 amide bonds. The smallest absolute Gasteiger partial charge is 0.287 e. The number of hydrogen-bond donors (Lipinski definition) is 0. The Labute approximate surface area is 154 Å². The molecule has 0 spiro atoms. The van der Waals surface area contributed by atoms with Crippen molar-refractivity contribution in [3.05, 3.63) is 88.1 Å². The number of Topliss-reactive ketones (excluding diaryl/α,β-unsaturated/α-hetero) is 1. The van der Waals surface area contributed by atoms with E-state index in [4.69, 9.17) is 9.47 Å². The van der Waals surface area contributed by atoms with Crippen LogP contribution in [0.1, 0.15) is 28.4 Å². The molecule has 1 aliphatic rings. The molecule has 0 bridgehead atoms. The highest BCUT2D eigenvalue weighted by Crippen LogP contribution is 2.37. The Morgan fingerprint density at radius 2 is 1.93 bits per heavy atom. The summed E-state index contributed by atoms with van der Waals surface area (Å²) in [4.78, 5) is 26.5. The topological polar surface area (TPSA) is 91.6 Å². The highest BCUT2D eigenvalue weighted by molar-refractivity contribution is 6.00. The number of nitro groups is 1. The van der Waals surface area contributed by atoms with Gasteiger partial charge in [0.05, 0.1) is 16.9 Å². The van der Waals surface area contributed by atoms with Gasteiger partial charge in [0.25, 0.3) is 5.69 Å². The number of nitrogens with zero attached hydrogens (tertiary/aromatic N) is 2. The largest absolute Gasteiger partial charge is 0.484 e. The summed E-state index contributed by atoms with van der Waals surface area (Å²) in [6.07, 6.45) is 1.05. The van der Waals surface area contributed by atoms with E-state index in [-0.39, 0.29) is 29.9 Å². The molecule has 0 saturated carbocycles. The van der Waals surface area contributed by atoms with E-state index in [1.165, 1.54) is 12.1 Å². The van der Waals surface area contributed by atoms with Crippen molar-refractivity contribution >= 4 is 11.5 Å². The lowest BCUT2D eigenvalue weighted by Crippen LogP contribution is -2.20. The van der Waals surface area contributed by atoms with E-state index >= 15 is 0 Å². The Bertz CT molecular complexity index is 1000. The first-order chi connectivity index (χ1) is 13.1. The quantitative estimate of drug-likeness (QED) is 0.502. The Balaban J connectivity index is 1.57. The van der Waals surface area contributed by atoms with E-state index < -0.39 is 4.92 Å². The average Bonchev–Trinajstić information content (AvgIpc) is 2.69. The number of fused-ring (bicyclic) bond motifs is 1. The number of hydrogen-bond acceptors (Lipinski definition) is 6. The van der Waals surface area contributed by atoms with Crippen LogP contribution in [-0.4, -0.2) is 15.7 Å². The molecule has 1 unspecified atom stereocenters. The molecule has 1 aliphatic heterocycles. The van der Waals surface area contributed by atoms with E-state index in [9.17, 15) is 14.9 Å². The minimum Gasteiger partial charge on any atom is -0.484 e. The van der Waals surface area contributed by atoms with Crippen molar-refractivity contribution in [1.82, 2.24) is 4.98 Å². The van der Waals surface area contributed by atoms with E-state index in [0.717, 1.165) is 11.8 Å². The number of ether oxygens (including phenoxy) is 2. The molecule has 7 heteroatoms. The molecule has 27 heavy (non-hydrogen) atoms. The SMILES string of the molecule is O=C1CC(c2ccccc2)Oc2cc(Oc3ccc([N+](=O)[O-])cn3)ccc21. The fourth-order valence-corrected chi connectivity index (χ4v) is 2.88. The molecule has 3 aromatic rings. The van der Waals surface area contributed by atoms with Crippen LogP contribution in [0.25, 0.3) is 0 Å². The fourth-order valence-electron chi connectivity index (χ4n) is 2.88. The van der Waals surface area contributed by atoms with E-state index in [0.29, 0.717) is 17.1 Å². The normalized spacial score (nSPS) is 15.6. The molecule has 0 fully saturated rings. The highest BCUT2D eigenvalue weighted by atomic mass is 16.6. The zero-order valence-electron chi connectivity index (χ0n) is 14.1. The summed E-state index contributed by atoms with van der Waals surface area (Å²) in [6.45, 7) is 0. The minimum atomic E-state index is -0.529. The number of carbonyl (C=O) groups excluding carboxylic acids is 1. The van der Waals surface area contributed by atoms with E-state index in [2.05, 4.69) is 4.98 Å². The third-order valence-electron chi connectivity index (χ3n) is 4.22. The van der Waals surface area contributed by atoms with Gasteiger partial charge in [-0.2, -0.15) is 0 Å². The minimum absolute atomic E-state index is 0.00474. The Kier molecular flexibility index (Phi) is 4.25. The lowest BCUT2D eigenvalue weighted by Gasteiger charge is -2.25. The number of ketones is 1. The van der Waals surface area contributed by atoms with Crippen molar-refractivity contribution in [3.8, 4) is 17.4 Å². The Hall–Kier alpha value is -3.74. The van der Waals surface area contributed by atoms with Crippen LogP contribution >= 0.6 is 0 Å². The van der Waals surface area contributed by atoms with Crippen LogP contribution in [0.5, 0.6) is 17.4 Å². The Morgan fingerprint density at radius 1 is 1.11 bits per heavy atom. The molecule has 0 radical (unpaired) electrons. The summed E-state index contributed by atoms with van der Waals surface area (Å²) in [5.41, 5.74) is 1.32. The number of aromatic nitrogens is 1. The number of carbonyl (C=O) groups is 1. The van der Waals surface area contributed by atoms with Crippen molar-refractivity contribution < 1.29 is 19.2 Å². The van der Waals surface area contributed by atoms with Gasteiger partial charge in [0.2, 0.25) is 5.88 Å². The third-order valence-corrected chi connectivity index (χ3v) is 4.22. The highest BCUT2D eigenvalue weighted by Gasteiger charge is 2.28. The van der Waals surface area contributed by atoms with Crippen LogP contribution in [0.2, 0.25) is 0 Å². The van der Waals surface area contributed by atoms with Crippen LogP contribution in [0.15, 0.2) is 66.9 Å². The van der Waals surface area contributed by atoms with Gasteiger partial charge in [-0.1, -0.05) is 30.3 Å². The molecule has 2 aromatic carbocycles. The standard InChI is InChI=1S/C20H14N2O5/c23-17-11-18(13-4-2-1-3-5-13)27-19-10-15(7-8-16(17)19)26-20-9-6-14(12-21-20)22(24)25/h1-10,12,18H,11H2. The van der Waals surface area contributed by atoms with Crippen molar-refractivity contribution in [3.63, 3.8) is 0 Å². The van der Waals surface area contributed by atoms with Gasteiger partial charge in [0.15, 0.2) is 5.78 Å². The lowest BCUT2D eigenvalue weighted by atomic mass is 9.96. The monoisotopic (exact) mass is 362 g/mol. The van der Waals surface area contributed by atoms with Gasteiger partial charge in [0, 0.05) is 18.2 Å². The number of rotatable bonds is 4. The molecule has 134 valence electrons. The molecule has 0 aliphatic carbocycles. The third kappa shape index (κ3) is 3.48. The van der Waals surface area contributed by atoms with Crippen molar-refractivity contribution in [2.75, 3.05) is 0 Å². The van der Waals surface area contributed by atoms with Crippen LogP contribution in [-0.2, 0) is 0 Å². The van der Waals surface area contributed by atoms with Gasteiger partial charge in [-0.25, -0.2) is 4.98 Å². The molecular formula is C20H14N2O5. The summed E-state index contributed by atoms with van der Waals surface area (Å²) < 4.78 is 11.6. The van der Waals surface area contributed by atoms with Gasteiger partial charge in [0.1, 0.15) is 23.8 Å². The molecule has 1 atom stereocenters. The predicted octanol–water partition coefficient (Wildman–Crippen LogP) is 4.49. The summed E-state index contributed by atoms with van der Waals surface area (Å²) in [7, 11) is 0. The molecule has 1 aromatic heterocycles. The van der Waals surface area contributed by atoms with E-state index in [1.807, 2.05) is 30.3 Å². The zero-order valence-corrected chi connectivity index (χ0v) is 14.1. The first kappa shape index (κ1) is 16.7. The van der Waals surface area contributed by atoms with Crippen molar-refractivity contribution in [2.24, 2.45) is 0 Å². The van der Waals surface area contributed by atoms with Crippen LogP contribution in [0.4, 0.5) is 5.69 Å². The maximum absolute atomic E-state index is 12.4. The predicted molar refractivity (Wildman–Crippen MR) is 96.2 cm³/mol. The summed E-state index contributed by atoms with van der Waals surface area (Å²) in [5, 5.41) is 10.7. The van der Waals surface area contributed by atoms with E-state index in [1.54, 1.807) is 18.2 Å². The Morgan fingerprint density at radius 3 is 2.63 bits per heavy atom. The second kappa shape index (κ2) is 6.87. The van der Waals surface area contributed by atoms with Gasteiger partial charge in [-0.3, -0.25) is 14.9 Å². The van der Waals surface area contributed by atoms with Crippen LogP contribution in [0, 0.1) is 10.1 Å². The van der Waals surface area contributed by atoms with Gasteiger partial charge in [-0.05, 0) is 17.7 Å². The van der Waals surface area contributed by atoms with Crippen molar-refractivity contribution in [1.29, 1.82) is 0 Å². The first-order valence-electron chi connectivity index (χ1n) is 8.27. The molecular weight excluding hydrogens is 348 g/mol. The maximum Gasteiger partial charge on any atom is 0.287 e. The van der Waals surface area contributed by atoms with Crippen LogP contribution in [0.3, 0.4) is 0 Å². The van der Waals surface area contributed by atoms with Gasteiger partial charge < -0.3 is 9.47 Å². The summed E-state index contributed by atoms with van der Waals surface area (Å²) in [6, 6.07) is 17.2. The average molecular weight is 362 g/mol. The second-order valence-electron chi connectivity index (χ2n) is 6.02. The molecule has 4 rings (SSSR count). The van der Waals surface area contributed by atoms with Crippen LogP contribution < -0.4 is 9.47 Å². The lowest BCUT2D eigenvalue weighted by molar-refractivity contribution is -0.385. The molecule has 0 saturated heterocycles. The van der Waals surface area contributed by atoms with Gasteiger partial charge >= 0.3 is 0 Å². The zero-order chi connectivity index (χ0) is 18.8. The number of benzene rings is 2. The molecule has 2 heterocycles. The first-order valence-corrected chi connectivity index (χ1v) is 8.27. The fraction of sp³-hybridized carbons (Fsp3) is 0.100. The summed E-state index contributed by atoms with van der Waals surface area (Å²) in [5.74, 6) is 1.09. The number of pyridine rings is 1. The molecule has 7 nitrogen and oxygen atoms in total. The summed E-state index contributed by atoms with van der Waals surface area (Å²) >= 11 is 0. The van der Waals surface area contributed by atoms with Crippen molar-refractivity contribution in [2.45, 2.75) is 12.5 Å². The molecule has 0 N–H and O–H groups in total. The van der Waals surface area contributed by atoms with Gasteiger partial charge in [-0.15, -0.1) is 0 Å².